The van der Waals surface area contributed by atoms with Crippen molar-refractivity contribution >= 4 is 30.7 Å². The van der Waals surface area contributed by atoms with Gasteiger partial charge in [-0.15, -0.1) is 24.8 Å². The lowest BCUT2D eigenvalue weighted by atomic mass is 9.98. The molecule has 0 spiro atoms. The van der Waals surface area contributed by atoms with Gasteiger partial charge in [-0.1, -0.05) is 6.07 Å². The first kappa shape index (κ1) is 21.4. The van der Waals surface area contributed by atoms with Crippen LogP contribution in [0.5, 0.6) is 11.6 Å². The molecule has 0 saturated carbocycles. The van der Waals surface area contributed by atoms with Crippen molar-refractivity contribution in [1.82, 2.24) is 20.2 Å². The average molecular weight is 411 g/mol. The van der Waals surface area contributed by atoms with Crippen molar-refractivity contribution in [1.29, 1.82) is 0 Å². The van der Waals surface area contributed by atoms with Gasteiger partial charge >= 0.3 is 0 Å². The van der Waals surface area contributed by atoms with Crippen LogP contribution in [0.15, 0.2) is 42.9 Å². The molecule has 2 fully saturated rings. The van der Waals surface area contributed by atoms with E-state index in [0.717, 1.165) is 12.8 Å². The zero-order valence-corrected chi connectivity index (χ0v) is 16.7. The van der Waals surface area contributed by atoms with E-state index in [1.165, 1.54) is 12.8 Å². The number of ether oxygens (including phenoxy) is 1. The number of halogens is 2. The molecule has 2 aliphatic rings. The quantitative estimate of drug-likeness (QED) is 0.835. The smallest absolute Gasteiger partial charge is 0.253 e. The molecule has 2 aliphatic heterocycles. The van der Waals surface area contributed by atoms with Gasteiger partial charge in [-0.25, -0.2) is 4.98 Å². The van der Waals surface area contributed by atoms with Crippen LogP contribution in [0.4, 0.5) is 0 Å². The molecule has 3 heterocycles. The Morgan fingerprint density at radius 1 is 1.19 bits per heavy atom. The van der Waals surface area contributed by atoms with Crippen LogP contribution in [-0.4, -0.2) is 45.9 Å². The Morgan fingerprint density at radius 3 is 2.59 bits per heavy atom. The Hall–Kier alpha value is -1.89. The van der Waals surface area contributed by atoms with Crippen LogP contribution in [0, 0.1) is 0 Å². The maximum Gasteiger partial charge on any atom is 0.253 e. The van der Waals surface area contributed by atoms with Crippen LogP contribution in [0.3, 0.4) is 0 Å². The van der Waals surface area contributed by atoms with Crippen molar-refractivity contribution in [2.24, 2.45) is 0 Å². The number of rotatable bonds is 4. The fourth-order valence-electron chi connectivity index (χ4n) is 3.86. The topological polar surface area (TPSA) is 67.4 Å². The Labute approximate surface area is 171 Å². The molecule has 1 N–H and O–H groups in total. The SMILES string of the molecule is CN(C(=O)c1cccc(Oc2cnccn2)c1)C1CC2CCC(C1)N2.Cl.Cl. The van der Waals surface area contributed by atoms with E-state index < -0.39 is 0 Å². The van der Waals surface area contributed by atoms with Crippen molar-refractivity contribution in [2.45, 2.75) is 43.8 Å². The molecule has 27 heavy (non-hydrogen) atoms. The number of carbonyl (C=O) groups is 1. The number of aromatic nitrogens is 2. The van der Waals surface area contributed by atoms with Gasteiger partial charge < -0.3 is 15.0 Å². The molecule has 1 amide bonds. The van der Waals surface area contributed by atoms with E-state index in [1.807, 2.05) is 30.1 Å². The van der Waals surface area contributed by atoms with Crippen LogP contribution in [0.25, 0.3) is 0 Å². The minimum absolute atomic E-state index is 0. The first-order valence-electron chi connectivity index (χ1n) is 8.76. The molecule has 1 aromatic heterocycles. The Kier molecular flexibility index (Phi) is 7.41. The number of nitrogens with one attached hydrogen (secondary N) is 1. The third-order valence-electron chi connectivity index (χ3n) is 5.16. The van der Waals surface area contributed by atoms with Gasteiger partial charge in [0.1, 0.15) is 5.75 Å². The van der Waals surface area contributed by atoms with Crippen LogP contribution < -0.4 is 10.1 Å². The van der Waals surface area contributed by atoms with Gasteiger partial charge in [0.05, 0.1) is 6.20 Å². The van der Waals surface area contributed by atoms with Crippen molar-refractivity contribution in [2.75, 3.05) is 7.05 Å². The highest BCUT2D eigenvalue weighted by molar-refractivity contribution is 5.94. The number of carbonyl (C=O) groups excluding carboxylic acids is 1. The number of hydrogen-bond donors (Lipinski definition) is 1. The maximum atomic E-state index is 12.9. The minimum atomic E-state index is 0. The zero-order chi connectivity index (χ0) is 17.2. The standard InChI is InChI=1S/C19H22N4O2.2ClH/c1-23(16-10-14-5-6-15(11-16)22-14)19(24)13-3-2-4-17(9-13)25-18-12-20-7-8-21-18;;/h2-4,7-9,12,14-16,22H,5-6,10-11H2,1H3;2*1H. The fourth-order valence-corrected chi connectivity index (χ4v) is 3.86. The molecule has 2 aromatic rings. The Balaban J connectivity index is 0.00000131. The molecule has 2 saturated heterocycles. The first-order chi connectivity index (χ1) is 12.2. The molecule has 8 heteroatoms. The highest BCUT2D eigenvalue weighted by atomic mass is 35.5. The largest absolute Gasteiger partial charge is 0.437 e. The molecule has 1 aromatic carbocycles. The summed E-state index contributed by atoms with van der Waals surface area (Å²) in [5.74, 6) is 1.04. The Bertz CT molecular complexity index is 750. The van der Waals surface area contributed by atoms with Crippen molar-refractivity contribution in [3.05, 3.63) is 48.4 Å². The molecule has 2 bridgehead atoms. The summed E-state index contributed by atoms with van der Waals surface area (Å²) >= 11 is 0. The number of benzene rings is 1. The second-order valence-corrected chi connectivity index (χ2v) is 6.85. The molecular weight excluding hydrogens is 387 g/mol. The third-order valence-corrected chi connectivity index (χ3v) is 5.16. The van der Waals surface area contributed by atoms with E-state index in [4.69, 9.17) is 4.74 Å². The number of fused-ring (bicyclic) bond motifs is 2. The molecule has 2 unspecified atom stereocenters. The molecule has 0 radical (unpaired) electrons. The first-order valence-corrected chi connectivity index (χ1v) is 8.76. The van der Waals surface area contributed by atoms with Crippen molar-refractivity contribution < 1.29 is 9.53 Å². The predicted octanol–water partition coefficient (Wildman–Crippen LogP) is 3.47. The third kappa shape index (κ3) is 4.89. The lowest BCUT2D eigenvalue weighted by Crippen LogP contribution is -2.48. The maximum absolute atomic E-state index is 12.9. The van der Waals surface area contributed by atoms with Gasteiger partial charge in [-0.2, -0.15) is 0 Å². The monoisotopic (exact) mass is 410 g/mol. The average Bonchev–Trinajstić information content (AvgIpc) is 2.99. The van der Waals surface area contributed by atoms with E-state index in [9.17, 15) is 4.79 Å². The fraction of sp³-hybridized carbons (Fsp3) is 0.421. The van der Waals surface area contributed by atoms with Gasteiger partial charge in [0.2, 0.25) is 5.88 Å². The van der Waals surface area contributed by atoms with Crippen LogP contribution in [-0.2, 0) is 0 Å². The summed E-state index contributed by atoms with van der Waals surface area (Å²) in [4.78, 5) is 22.9. The van der Waals surface area contributed by atoms with Gasteiger partial charge in [-0.3, -0.25) is 9.78 Å². The van der Waals surface area contributed by atoms with E-state index in [-0.39, 0.29) is 30.7 Å². The summed E-state index contributed by atoms with van der Waals surface area (Å²) in [5.41, 5.74) is 0.634. The lowest BCUT2D eigenvalue weighted by molar-refractivity contribution is 0.0681. The minimum Gasteiger partial charge on any atom is -0.437 e. The number of hydrogen-bond acceptors (Lipinski definition) is 5. The number of piperidine rings is 1. The summed E-state index contributed by atoms with van der Waals surface area (Å²) in [6.45, 7) is 0. The van der Waals surface area contributed by atoms with Gasteiger partial charge in [0.15, 0.2) is 0 Å². The second-order valence-electron chi connectivity index (χ2n) is 6.85. The molecule has 0 aliphatic carbocycles. The van der Waals surface area contributed by atoms with Gasteiger partial charge in [0, 0.05) is 43.1 Å². The van der Waals surface area contributed by atoms with E-state index in [2.05, 4.69) is 15.3 Å². The van der Waals surface area contributed by atoms with Crippen LogP contribution in [0.2, 0.25) is 0 Å². The molecule has 146 valence electrons. The summed E-state index contributed by atoms with van der Waals surface area (Å²) in [5, 5.41) is 3.62. The van der Waals surface area contributed by atoms with E-state index >= 15 is 0 Å². The van der Waals surface area contributed by atoms with Gasteiger partial charge in [-0.05, 0) is 43.9 Å². The zero-order valence-electron chi connectivity index (χ0n) is 15.1. The second kappa shape index (κ2) is 9.35. The lowest BCUT2D eigenvalue weighted by Gasteiger charge is -2.35. The summed E-state index contributed by atoms with van der Waals surface area (Å²) in [6.07, 6.45) is 9.24. The number of nitrogens with zero attached hydrogens (tertiary/aromatic N) is 3. The highest BCUT2D eigenvalue weighted by Crippen LogP contribution is 2.30. The summed E-state index contributed by atoms with van der Waals surface area (Å²) in [6, 6.07) is 8.67. The molecule has 2 atom stereocenters. The van der Waals surface area contributed by atoms with Crippen LogP contribution in [0.1, 0.15) is 36.0 Å². The predicted molar refractivity (Wildman–Crippen MR) is 108 cm³/mol. The Morgan fingerprint density at radius 2 is 1.93 bits per heavy atom. The van der Waals surface area contributed by atoms with Gasteiger partial charge in [0.25, 0.3) is 5.91 Å². The van der Waals surface area contributed by atoms with Crippen molar-refractivity contribution in [3.8, 4) is 11.6 Å². The van der Waals surface area contributed by atoms with Crippen LogP contribution >= 0.6 is 24.8 Å². The molecular formula is C19H24Cl2N4O2. The normalized spacial score (nSPS) is 22.9. The summed E-state index contributed by atoms with van der Waals surface area (Å²) < 4.78 is 5.68. The molecule has 4 rings (SSSR count). The van der Waals surface area contributed by atoms with Crippen molar-refractivity contribution in [3.63, 3.8) is 0 Å². The number of amides is 1. The van der Waals surface area contributed by atoms with E-state index in [1.54, 1.807) is 24.7 Å². The summed E-state index contributed by atoms with van der Waals surface area (Å²) in [7, 11) is 1.91. The van der Waals surface area contributed by atoms with E-state index in [0.29, 0.717) is 35.3 Å². The highest BCUT2D eigenvalue weighted by Gasteiger charge is 2.36. The molecule has 6 nitrogen and oxygen atoms in total.